The Hall–Kier alpha value is -2.23. The van der Waals surface area contributed by atoms with Crippen LogP contribution in [0.3, 0.4) is 0 Å². The second-order valence-corrected chi connectivity index (χ2v) is 4.08. The van der Waals surface area contributed by atoms with Crippen molar-refractivity contribution in [2.75, 3.05) is 18.2 Å². The van der Waals surface area contributed by atoms with E-state index in [1.807, 2.05) is 6.07 Å². The lowest BCUT2D eigenvalue weighted by molar-refractivity contribution is 0.415. The fourth-order valence-corrected chi connectivity index (χ4v) is 1.65. The third-order valence-electron chi connectivity index (χ3n) is 2.63. The van der Waals surface area contributed by atoms with E-state index >= 15 is 0 Å². The summed E-state index contributed by atoms with van der Waals surface area (Å²) in [6.07, 6.45) is 0. The van der Waals surface area contributed by atoms with Crippen LogP contribution in [0.1, 0.15) is 5.56 Å². The Kier molecular flexibility index (Phi) is 3.37. The second-order valence-electron chi connectivity index (χ2n) is 4.08. The number of methoxy groups -OCH3 is 1. The van der Waals surface area contributed by atoms with E-state index in [1.165, 1.54) is 6.07 Å². The Labute approximate surface area is 105 Å². The molecule has 0 fully saturated rings. The van der Waals surface area contributed by atoms with Gasteiger partial charge in [-0.3, -0.25) is 0 Å². The minimum atomic E-state index is -0.240. The molecule has 0 spiro atoms. The topological polar surface area (TPSA) is 47.3 Å². The molecule has 2 aromatic carbocycles. The molecule has 0 saturated carbocycles. The van der Waals surface area contributed by atoms with Crippen LogP contribution in [0.15, 0.2) is 36.4 Å². The highest BCUT2D eigenvalue weighted by molar-refractivity contribution is 5.66. The fraction of sp³-hybridized carbons (Fsp3) is 0.143. The largest absolute Gasteiger partial charge is 0.497 e. The molecule has 3 nitrogen and oxygen atoms in total. The van der Waals surface area contributed by atoms with Gasteiger partial charge in [0.2, 0.25) is 0 Å². The number of nitrogens with two attached hydrogens (primary N) is 1. The van der Waals surface area contributed by atoms with Crippen LogP contribution in [0.4, 0.5) is 21.5 Å². The van der Waals surface area contributed by atoms with Gasteiger partial charge in [0.15, 0.2) is 0 Å². The molecule has 3 N–H and O–H groups in total. The second kappa shape index (κ2) is 4.96. The van der Waals surface area contributed by atoms with Gasteiger partial charge in [-0.2, -0.15) is 0 Å². The average Bonchev–Trinajstić information content (AvgIpc) is 2.33. The molecule has 2 aromatic rings. The molecule has 0 atom stereocenters. The summed E-state index contributed by atoms with van der Waals surface area (Å²) in [4.78, 5) is 0. The van der Waals surface area contributed by atoms with Crippen molar-refractivity contribution in [3.63, 3.8) is 0 Å². The summed E-state index contributed by atoms with van der Waals surface area (Å²) in [5.74, 6) is 0.418. The molecule has 94 valence electrons. The van der Waals surface area contributed by atoms with Crippen molar-refractivity contribution in [2.45, 2.75) is 6.92 Å². The number of benzene rings is 2. The van der Waals surface area contributed by atoms with Crippen molar-refractivity contribution in [1.29, 1.82) is 0 Å². The van der Waals surface area contributed by atoms with Gasteiger partial charge in [0.05, 0.1) is 7.11 Å². The van der Waals surface area contributed by atoms with E-state index in [2.05, 4.69) is 5.32 Å². The summed E-state index contributed by atoms with van der Waals surface area (Å²) in [5.41, 5.74) is 8.38. The van der Waals surface area contributed by atoms with E-state index in [0.29, 0.717) is 22.7 Å². The van der Waals surface area contributed by atoms with Crippen molar-refractivity contribution in [3.05, 3.63) is 47.8 Å². The Morgan fingerprint density at radius 3 is 2.56 bits per heavy atom. The molecule has 0 heterocycles. The van der Waals surface area contributed by atoms with Crippen LogP contribution >= 0.6 is 0 Å². The summed E-state index contributed by atoms with van der Waals surface area (Å²) in [7, 11) is 1.57. The minimum Gasteiger partial charge on any atom is -0.497 e. The van der Waals surface area contributed by atoms with E-state index in [-0.39, 0.29) is 5.82 Å². The van der Waals surface area contributed by atoms with Gasteiger partial charge in [-0.15, -0.1) is 0 Å². The lowest BCUT2D eigenvalue weighted by Crippen LogP contribution is -1.95. The van der Waals surface area contributed by atoms with Crippen LogP contribution < -0.4 is 15.8 Å². The first-order valence-electron chi connectivity index (χ1n) is 5.56. The molecule has 4 heteroatoms. The highest BCUT2D eigenvalue weighted by Gasteiger charge is 2.02. The van der Waals surface area contributed by atoms with Crippen molar-refractivity contribution in [2.24, 2.45) is 0 Å². The Morgan fingerprint density at radius 1 is 1.11 bits per heavy atom. The van der Waals surface area contributed by atoms with Crippen molar-refractivity contribution < 1.29 is 9.13 Å². The number of nitrogens with one attached hydrogen (secondary N) is 1. The molecule has 2 rings (SSSR count). The SMILES string of the molecule is COc1cc(N)cc(Nc2ccc(C)c(F)c2)c1. The Balaban J connectivity index is 2.27. The minimum absolute atomic E-state index is 0.240. The lowest BCUT2D eigenvalue weighted by Gasteiger charge is -2.10. The first-order valence-corrected chi connectivity index (χ1v) is 5.56. The molecule has 0 amide bonds. The quantitative estimate of drug-likeness (QED) is 0.815. The number of aryl methyl sites for hydroxylation is 1. The first kappa shape index (κ1) is 12.2. The van der Waals surface area contributed by atoms with E-state index in [1.54, 1.807) is 38.3 Å². The third kappa shape index (κ3) is 2.71. The normalized spacial score (nSPS) is 10.2. The van der Waals surface area contributed by atoms with Gasteiger partial charge in [0.25, 0.3) is 0 Å². The predicted molar refractivity (Wildman–Crippen MR) is 71.8 cm³/mol. The molecule has 0 unspecified atom stereocenters. The summed E-state index contributed by atoms with van der Waals surface area (Å²) in [6, 6.07) is 10.3. The monoisotopic (exact) mass is 246 g/mol. The molecule has 0 aliphatic heterocycles. The first-order chi connectivity index (χ1) is 8.58. The molecule has 0 bridgehead atoms. The summed E-state index contributed by atoms with van der Waals surface area (Å²) in [5, 5.41) is 3.09. The van der Waals surface area contributed by atoms with Gasteiger partial charge < -0.3 is 15.8 Å². The smallest absolute Gasteiger partial charge is 0.128 e. The van der Waals surface area contributed by atoms with E-state index in [0.717, 1.165) is 5.69 Å². The van der Waals surface area contributed by atoms with Gasteiger partial charge in [-0.1, -0.05) is 6.07 Å². The third-order valence-corrected chi connectivity index (χ3v) is 2.63. The number of rotatable bonds is 3. The molecule has 0 saturated heterocycles. The lowest BCUT2D eigenvalue weighted by atomic mass is 10.2. The number of anilines is 3. The van der Waals surface area contributed by atoms with Gasteiger partial charge in [0.1, 0.15) is 11.6 Å². The number of hydrogen-bond acceptors (Lipinski definition) is 3. The van der Waals surface area contributed by atoms with Crippen LogP contribution in [0.2, 0.25) is 0 Å². The van der Waals surface area contributed by atoms with Gasteiger partial charge >= 0.3 is 0 Å². The summed E-state index contributed by atoms with van der Waals surface area (Å²) >= 11 is 0. The summed E-state index contributed by atoms with van der Waals surface area (Å²) in [6.45, 7) is 1.72. The molecule has 0 aromatic heterocycles. The maximum atomic E-state index is 13.4. The van der Waals surface area contributed by atoms with E-state index in [9.17, 15) is 4.39 Å². The van der Waals surface area contributed by atoms with Gasteiger partial charge in [-0.25, -0.2) is 4.39 Å². The molecule has 0 aliphatic carbocycles. The average molecular weight is 246 g/mol. The molecule has 0 radical (unpaired) electrons. The summed E-state index contributed by atoms with van der Waals surface area (Å²) < 4.78 is 18.5. The Bertz CT molecular complexity index is 570. The van der Waals surface area contributed by atoms with Crippen molar-refractivity contribution in [1.82, 2.24) is 0 Å². The molecule has 18 heavy (non-hydrogen) atoms. The Morgan fingerprint density at radius 2 is 1.89 bits per heavy atom. The zero-order valence-electron chi connectivity index (χ0n) is 10.3. The highest BCUT2D eigenvalue weighted by Crippen LogP contribution is 2.25. The predicted octanol–water partition coefficient (Wildman–Crippen LogP) is 3.47. The van der Waals surface area contributed by atoms with E-state index < -0.39 is 0 Å². The number of nitrogen functional groups attached to an aromatic ring is 1. The van der Waals surface area contributed by atoms with Gasteiger partial charge in [-0.05, 0) is 30.7 Å². The standard InChI is InChI=1S/C14H15FN2O/c1-9-3-4-11(8-14(9)15)17-12-5-10(16)6-13(7-12)18-2/h3-8,17H,16H2,1-2H3. The maximum Gasteiger partial charge on any atom is 0.128 e. The number of halogens is 1. The number of hydrogen-bond donors (Lipinski definition) is 2. The van der Waals surface area contributed by atoms with Crippen LogP contribution in [-0.2, 0) is 0 Å². The van der Waals surface area contributed by atoms with Crippen LogP contribution in [-0.4, -0.2) is 7.11 Å². The van der Waals surface area contributed by atoms with E-state index in [4.69, 9.17) is 10.5 Å². The highest BCUT2D eigenvalue weighted by atomic mass is 19.1. The zero-order valence-corrected chi connectivity index (χ0v) is 10.3. The maximum absolute atomic E-state index is 13.4. The molecular formula is C14H15FN2O. The van der Waals surface area contributed by atoms with Crippen LogP contribution in [0.25, 0.3) is 0 Å². The fourth-order valence-electron chi connectivity index (χ4n) is 1.65. The number of ether oxygens (including phenoxy) is 1. The van der Waals surface area contributed by atoms with Crippen LogP contribution in [0.5, 0.6) is 5.75 Å². The zero-order chi connectivity index (χ0) is 13.1. The molecular weight excluding hydrogens is 231 g/mol. The van der Waals surface area contributed by atoms with Crippen molar-refractivity contribution in [3.8, 4) is 5.75 Å². The molecule has 0 aliphatic rings. The van der Waals surface area contributed by atoms with Gasteiger partial charge in [0, 0.05) is 29.2 Å². The van der Waals surface area contributed by atoms with Crippen LogP contribution in [0, 0.1) is 12.7 Å². The van der Waals surface area contributed by atoms with Crippen molar-refractivity contribution >= 4 is 17.1 Å².